The first-order chi connectivity index (χ1) is 9.30. The molecule has 1 N–H and O–H groups in total. The fraction of sp³-hybridized carbons (Fsp3) is 0.364. The van der Waals surface area contributed by atoms with Crippen LogP contribution in [0.4, 0.5) is 0 Å². The first-order valence-electron chi connectivity index (χ1n) is 5.45. The first kappa shape index (κ1) is 17.2. The molecule has 0 aliphatic carbocycles. The number of methoxy groups -OCH3 is 1. The third kappa shape index (κ3) is 4.07. The van der Waals surface area contributed by atoms with E-state index in [1.165, 1.54) is 25.3 Å². The number of hydrogen-bond acceptors (Lipinski definition) is 4. The minimum absolute atomic E-state index is 0.0502. The highest BCUT2D eigenvalue weighted by molar-refractivity contribution is 7.89. The van der Waals surface area contributed by atoms with Gasteiger partial charge in [0.1, 0.15) is 11.4 Å². The van der Waals surface area contributed by atoms with E-state index < -0.39 is 22.5 Å². The Morgan fingerprint density at radius 2 is 1.90 bits per heavy atom. The summed E-state index contributed by atoms with van der Waals surface area (Å²) in [6.45, 7) is -0.769. The van der Waals surface area contributed by atoms with E-state index in [2.05, 4.69) is 0 Å². The van der Waals surface area contributed by atoms with Gasteiger partial charge in [-0.15, -0.1) is 0 Å². The lowest BCUT2D eigenvalue weighted by Gasteiger charge is -2.21. The number of halogens is 2. The number of carbonyl (C=O) groups is 1. The minimum atomic E-state index is -4.12. The molecule has 1 aromatic rings. The van der Waals surface area contributed by atoms with Gasteiger partial charge in [0.2, 0.25) is 10.0 Å². The molecule has 0 aromatic heterocycles. The molecule has 1 aromatic carbocycles. The molecular formula is C11H13Cl2NO5S. The van der Waals surface area contributed by atoms with Crippen LogP contribution < -0.4 is 0 Å². The minimum Gasteiger partial charge on any atom is -0.480 e. The summed E-state index contributed by atoms with van der Waals surface area (Å²) in [5.41, 5.74) is 0. The van der Waals surface area contributed by atoms with Crippen LogP contribution >= 0.6 is 23.2 Å². The molecule has 20 heavy (non-hydrogen) atoms. The lowest BCUT2D eigenvalue weighted by atomic mass is 10.4. The van der Waals surface area contributed by atoms with Gasteiger partial charge < -0.3 is 9.84 Å². The van der Waals surface area contributed by atoms with Crippen LogP contribution in [0.2, 0.25) is 10.0 Å². The van der Waals surface area contributed by atoms with Crippen molar-refractivity contribution in [2.45, 2.75) is 4.90 Å². The lowest BCUT2D eigenvalue weighted by molar-refractivity contribution is -0.137. The van der Waals surface area contributed by atoms with E-state index in [-0.39, 0.29) is 28.1 Å². The van der Waals surface area contributed by atoms with Crippen LogP contribution in [0.3, 0.4) is 0 Å². The van der Waals surface area contributed by atoms with Gasteiger partial charge in [0.05, 0.1) is 16.7 Å². The van der Waals surface area contributed by atoms with Crippen LogP contribution in [-0.2, 0) is 19.6 Å². The van der Waals surface area contributed by atoms with E-state index in [1.54, 1.807) is 0 Å². The van der Waals surface area contributed by atoms with Gasteiger partial charge >= 0.3 is 5.97 Å². The fourth-order valence-electron chi connectivity index (χ4n) is 1.49. The van der Waals surface area contributed by atoms with Crippen molar-refractivity contribution in [3.8, 4) is 0 Å². The number of ether oxygens (including phenoxy) is 1. The van der Waals surface area contributed by atoms with Gasteiger partial charge in [0.15, 0.2) is 0 Å². The zero-order chi connectivity index (χ0) is 15.3. The molecule has 0 atom stereocenters. The van der Waals surface area contributed by atoms with E-state index in [4.69, 9.17) is 33.0 Å². The van der Waals surface area contributed by atoms with Gasteiger partial charge in [-0.05, 0) is 12.1 Å². The van der Waals surface area contributed by atoms with Crippen molar-refractivity contribution in [1.29, 1.82) is 0 Å². The van der Waals surface area contributed by atoms with E-state index >= 15 is 0 Å². The second-order valence-electron chi connectivity index (χ2n) is 3.78. The number of sulfonamides is 1. The van der Waals surface area contributed by atoms with Crippen molar-refractivity contribution in [2.75, 3.05) is 26.8 Å². The maximum atomic E-state index is 12.5. The van der Waals surface area contributed by atoms with Gasteiger partial charge in [-0.3, -0.25) is 4.79 Å². The van der Waals surface area contributed by atoms with Gasteiger partial charge in [-0.25, -0.2) is 8.42 Å². The summed E-state index contributed by atoms with van der Waals surface area (Å²) >= 11 is 11.7. The second-order valence-corrected chi connectivity index (χ2v) is 6.47. The molecule has 1 rings (SSSR count). The molecule has 9 heteroatoms. The molecule has 0 fully saturated rings. The molecule has 0 bridgehead atoms. The molecule has 0 saturated heterocycles. The first-order valence-corrected chi connectivity index (χ1v) is 7.65. The van der Waals surface area contributed by atoms with Crippen LogP contribution in [0.5, 0.6) is 0 Å². The lowest BCUT2D eigenvalue weighted by Crippen LogP contribution is -2.38. The second kappa shape index (κ2) is 7.24. The van der Waals surface area contributed by atoms with Crippen molar-refractivity contribution in [2.24, 2.45) is 0 Å². The van der Waals surface area contributed by atoms with Crippen molar-refractivity contribution in [3.63, 3.8) is 0 Å². The average Bonchev–Trinajstić information content (AvgIpc) is 2.33. The van der Waals surface area contributed by atoms with Gasteiger partial charge in [-0.2, -0.15) is 4.31 Å². The number of benzene rings is 1. The summed E-state index contributed by atoms with van der Waals surface area (Å²) in [5, 5.41) is 8.69. The normalized spacial score (nSPS) is 11.8. The molecule has 112 valence electrons. The van der Waals surface area contributed by atoms with E-state index in [9.17, 15) is 13.2 Å². The molecule has 0 heterocycles. The van der Waals surface area contributed by atoms with Crippen LogP contribution in [0.15, 0.2) is 23.1 Å². The molecule has 0 aliphatic rings. The third-order valence-corrected chi connectivity index (χ3v) is 5.17. The summed E-state index contributed by atoms with van der Waals surface area (Å²) in [6.07, 6.45) is 0. The average molecular weight is 342 g/mol. The van der Waals surface area contributed by atoms with Gasteiger partial charge in [0.25, 0.3) is 0 Å². The molecule has 0 aliphatic heterocycles. The Kier molecular flexibility index (Phi) is 6.22. The van der Waals surface area contributed by atoms with Crippen molar-refractivity contribution < 1.29 is 23.1 Å². The molecule has 0 amide bonds. The number of rotatable bonds is 7. The third-order valence-electron chi connectivity index (χ3n) is 2.37. The highest BCUT2D eigenvalue weighted by Crippen LogP contribution is 2.31. The summed E-state index contributed by atoms with van der Waals surface area (Å²) in [6, 6.07) is 4.24. The van der Waals surface area contributed by atoms with Crippen LogP contribution in [0.1, 0.15) is 0 Å². The van der Waals surface area contributed by atoms with Crippen LogP contribution in [0, 0.1) is 0 Å². The van der Waals surface area contributed by atoms with E-state index in [0.29, 0.717) is 0 Å². The zero-order valence-corrected chi connectivity index (χ0v) is 12.9. The molecule has 0 radical (unpaired) electrons. The predicted molar refractivity (Wildman–Crippen MR) is 74.7 cm³/mol. The number of aliphatic carboxylic acids is 1. The highest BCUT2D eigenvalue weighted by atomic mass is 35.5. The molecule has 6 nitrogen and oxygen atoms in total. The number of carboxylic acids is 1. The van der Waals surface area contributed by atoms with Crippen molar-refractivity contribution >= 4 is 39.2 Å². The highest BCUT2D eigenvalue weighted by Gasteiger charge is 2.30. The summed E-state index contributed by atoms with van der Waals surface area (Å²) in [7, 11) is -2.74. The fourth-order valence-corrected chi connectivity index (χ4v) is 3.95. The molecule has 0 spiro atoms. The molecule has 0 saturated carbocycles. The molecule has 0 unspecified atom stereocenters. The topological polar surface area (TPSA) is 83.9 Å². The van der Waals surface area contributed by atoms with Crippen molar-refractivity contribution in [3.05, 3.63) is 28.2 Å². The Bertz CT molecular complexity index is 570. The maximum absolute atomic E-state index is 12.5. The van der Waals surface area contributed by atoms with Gasteiger partial charge in [-0.1, -0.05) is 29.3 Å². The number of hydrogen-bond donors (Lipinski definition) is 1. The molecular weight excluding hydrogens is 329 g/mol. The van der Waals surface area contributed by atoms with Crippen LogP contribution in [0.25, 0.3) is 0 Å². The van der Waals surface area contributed by atoms with E-state index in [0.717, 1.165) is 4.31 Å². The van der Waals surface area contributed by atoms with Crippen LogP contribution in [-0.4, -0.2) is 50.6 Å². The summed E-state index contributed by atoms with van der Waals surface area (Å²) in [5.74, 6) is -1.28. The largest absolute Gasteiger partial charge is 0.480 e. The Labute approximate surface area is 126 Å². The zero-order valence-electron chi connectivity index (χ0n) is 10.5. The SMILES string of the molecule is COCCN(CC(=O)O)S(=O)(=O)c1c(Cl)cccc1Cl. The quantitative estimate of drug-likeness (QED) is 0.816. The van der Waals surface area contributed by atoms with Crippen molar-refractivity contribution in [1.82, 2.24) is 4.31 Å². The number of carboxylic acid groups (broad SMARTS) is 1. The Hall–Kier alpha value is -0.860. The Morgan fingerprint density at radius 1 is 1.35 bits per heavy atom. The van der Waals surface area contributed by atoms with Gasteiger partial charge in [0, 0.05) is 13.7 Å². The Balaban J connectivity index is 3.25. The smallest absolute Gasteiger partial charge is 0.318 e. The monoisotopic (exact) mass is 341 g/mol. The summed E-state index contributed by atoms with van der Waals surface area (Å²) in [4.78, 5) is 10.5. The standard InChI is InChI=1S/C11H13Cl2NO5S/c1-19-6-5-14(7-10(15)16)20(17,18)11-8(12)3-2-4-9(11)13/h2-4H,5-7H2,1H3,(H,15,16). The van der Waals surface area contributed by atoms with E-state index in [1.807, 2.05) is 0 Å². The Morgan fingerprint density at radius 3 is 2.35 bits per heavy atom. The summed E-state index contributed by atoms with van der Waals surface area (Å²) < 4.78 is 30.4. The number of nitrogens with zero attached hydrogens (tertiary/aromatic N) is 1. The maximum Gasteiger partial charge on any atom is 0.318 e. The predicted octanol–water partition coefficient (Wildman–Crippen LogP) is 1.72.